The Morgan fingerprint density at radius 2 is 2.25 bits per heavy atom. The van der Waals surface area contributed by atoms with E-state index in [2.05, 4.69) is 17.1 Å². The van der Waals surface area contributed by atoms with Gasteiger partial charge in [0.05, 0.1) is 6.61 Å². The number of nitrogens with two attached hydrogens (primary N) is 1. The van der Waals surface area contributed by atoms with Gasteiger partial charge in [0, 0.05) is 25.0 Å². The maximum absolute atomic E-state index is 6.20. The van der Waals surface area contributed by atoms with E-state index >= 15 is 0 Å². The van der Waals surface area contributed by atoms with Crippen molar-refractivity contribution in [1.82, 2.24) is 4.98 Å². The van der Waals surface area contributed by atoms with E-state index in [1.165, 1.54) is 12.0 Å². The maximum atomic E-state index is 6.20. The number of nitrogens with zero attached hydrogens (tertiary/aromatic N) is 1. The summed E-state index contributed by atoms with van der Waals surface area (Å²) in [6, 6.07) is 4.39. The van der Waals surface area contributed by atoms with Gasteiger partial charge in [-0.2, -0.15) is 0 Å². The lowest BCUT2D eigenvalue weighted by Gasteiger charge is -2.27. The van der Waals surface area contributed by atoms with Crippen molar-refractivity contribution in [3.63, 3.8) is 0 Å². The molecule has 1 saturated heterocycles. The Morgan fingerprint density at radius 3 is 2.94 bits per heavy atom. The van der Waals surface area contributed by atoms with Gasteiger partial charge in [0.25, 0.3) is 0 Å². The standard InChI is InChI=1S/C13H20N2O/c14-13(12-2-1-9-16-10-12)4-3-11-5-7-15-8-6-11/h5-8,12-13H,1-4,9-10,14H2. The van der Waals surface area contributed by atoms with Crippen molar-refractivity contribution in [2.45, 2.75) is 31.7 Å². The third-order valence-electron chi connectivity index (χ3n) is 3.32. The molecular weight excluding hydrogens is 200 g/mol. The lowest BCUT2D eigenvalue weighted by atomic mass is 9.90. The van der Waals surface area contributed by atoms with E-state index in [0.717, 1.165) is 32.5 Å². The quantitative estimate of drug-likeness (QED) is 0.841. The SMILES string of the molecule is NC(CCc1ccncc1)C1CCCOC1. The average molecular weight is 220 g/mol. The molecule has 0 aliphatic carbocycles. The van der Waals surface area contributed by atoms with Crippen molar-refractivity contribution in [3.05, 3.63) is 30.1 Å². The molecule has 2 N–H and O–H groups in total. The molecule has 0 bridgehead atoms. The first-order chi connectivity index (χ1) is 7.86. The fourth-order valence-electron chi connectivity index (χ4n) is 2.22. The van der Waals surface area contributed by atoms with E-state index in [-0.39, 0.29) is 6.04 Å². The third-order valence-corrected chi connectivity index (χ3v) is 3.32. The smallest absolute Gasteiger partial charge is 0.0509 e. The van der Waals surface area contributed by atoms with E-state index in [9.17, 15) is 0 Å². The van der Waals surface area contributed by atoms with Crippen LogP contribution in [0.25, 0.3) is 0 Å². The van der Waals surface area contributed by atoms with Crippen molar-refractivity contribution in [2.75, 3.05) is 13.2 Å². The maximum Gasteiger partial charge on any atom is 0.0509 e. The van der Waals surface area contributed by atoms with E-state index in [0.29, 0.717) is 5.92 Å². The number of aromatic nitrogens is 1. The van der Waals surface area contributed by atoms with Gasteiger partial charge in [-0.05, 0) is 49.3 Å². The van der Waals surface area contributed by atoms with E-state index in [1.54, 1.807) is 0 Å². The zero-order chi connectivity index (χ0) is 11.2. The Balaban J connectivity index is 1.76. The Kier molecular flexibility index (Phi) is 4.31. The van der Waals surface area contributed by atoms with Crippen LogP contribution in [0.15, 0.2) is 24.5 Å². The largest absolute Gasteiger partial charge is 0.381 e. The molecule has 1 aliphatic rings. The topological polar surface area (TPSA) is 48.1 Å². The van der Waals surface area contributed by atoms with Crippen molar-refractivity contribution in [1.29, 1.82) is 0 Å². The van der Waals surface area contributed by atoms with Crippen molar-refractivity contribution in [3.8, 4) is 0 Å². The monoisotopic (exact) mass is 220 g/mol. The molecule has 0 spiro atoms. The number of ether oxygens (including phenoxy) is 1. The number of hydrogen-bond acceptors (Lipinski definition) is 3. The number of pyridine rings is 1. The lowest BCUT2D eigenvalue weighted by Crippen LogP contribution is -2.36. The van der Waals surface area contributed by atoms with Crippen LogP contribution in [-0.2, 0) is 11.2 Å². The van der Waals surface area contributed by atoms with Crippen LogP contribution in [0.2, 0.25) is 0 Å². The van der Waals surface area contributed by atoms with Gasteiger partial charge in [0.15, 0.2) is 0 Å². The van der Waals surface area contributed by atoms with Crippen LogP contribution >= 0.6 is 0 Å². The van der Waals surface area contributed by atoms with Gasteiger partial charge < -0.3 is 10.5 Å². The van der Waals surface area contributed by atoms with Gasteiger partial charge in [-0.3, -0.25) is 4.98 Å². The summed E-state index contributed by atoms with van der Waals surface area (Å²) in [5.74, 6) is 0.551. The molecule has 3 heteroatoms. The molecule has 2 unspecified atom stereocenters. The van der Waals surface area contributed by atoms with Crippen LogP contribution < -0.4 is 5.73 Å². The molecule has 2 rings (SSSR count). The molecule has 2 heterocycles. The third kappa shape index (κ3) is 3.29. The second kappa shape index (κ2) is 5.97. The highest BCUT2D eigenvalue weighted by Crippen LogP contribution is 2.19. The zero-order valence-corrected chi connectivity index (χ0v) is 9.64. The Hall–Kier alpha value is -0.930. The molecule has 1 fully saturated rings. The first-order valence-corrected chi connectivity index (χ1v) is 6.08. The summed E-state index contributed by atoms with van der Waals surface area (Å²) in [6.07, 6.45) is 8.14. The molecule has 0 radical (unpaired) electrons. The van der Waals surface area contributed by atoms with Crippen LogP contribution in [0, 0.1) is 5.92 Å². The summed E-state index contributed by atoms with van der Waals surface area (Å²) in [7, 11) is 0. The summed E-state index contributed by atoms with van der Waals surface area (Å²) in [4.78, 5) is 4.01. The van der Waals surface area contributed by atoms with Crippen LogP contribution in [0.3, 0.4) is 0 Å². The van der Waals surface area contributed by atoms with Gasteiger partial charge in [0.1, 0.15) is 0 Å². The van der Waals surface area contributed by atoms with Crippen molar-refractivity contribution < 1.29 is 4.74 Å². The van der Waals surface area contributed by atoms with Crippen LogP contribution in [0.1, 0.15) is 24.8 Å². The second-order valence-corrected chi connectivity index (χ2v) is 4.54. The fourth-order valence-corrected chi connectivity index (χ4v) is 2.22. The summed E-state index contributed by atoms with van der Waals surface area (Å²) in [6.45, 7) is 1.76. The van der Waals surface area contributed by atoms with Crippen molar-refractivity contribution >= 4 is 0 Å². The molecule has 2 atom stereocenters. The Labute approximate surface area is 97.0 Å². The lowest BCUT2D eigenvalue weighted by molar-refractivity contribution is 0.0439. The fraction of sp³-hybridized carbons (Fsp3) is 0.615. The average Bonchev–Trinajstić information content (AvgIpc) is 2.38. The summed E-state index contributed by atoms with van der Waals surface area (Å²) < 4.78 is 5.47. The first-order valence-electron chi connectivity index (χ1n) is 6.08. The summed E-state index contributed by atoms with van der Waals surface area (Å²) in [5, 5.41) is 0. The predicted octanol–water partition coefficient (Wildman–Crippen LogP) is 1.77. The van der Waals surface area contributed by atoms with Crippen LogP contribution in [0.5, 0.6) is 0 Å². The van der Waals surface area contributed by atoms with Gasteiger partial charge in [-0.25, -0.2) is 0 Å². The van der Waals surface area contributed by atoms with E-state index in [1.807, 2.05) is 12.4 Å². The van der Waals surface area contributed by atoms with Crippen LogP contribution in [-0.4, -0.2) is 24.2 Å². The minimum Gasteiger partial charge on any atom is -0.381 e. The van der Waals surface area contributed by atoms with Gasteiger partial charge in [-0.1, -0.05) is 0 Å². The number of aryl methyl sites for hydroxylation is 1. The van der Waals surface area contributed by atoms with Crippen LogP contribution in [0.4, 0.5) is 0 Å². The second-order valence-electron chi connectivity index (χ2n) is 4.54. The molecule has 1 aromatic heterocycles. The molecule has 0 amide bonds. The number of hydrogen-bond donors (Lipinski definition) is 1. The van der Waals surface area contributed by atoms with E-state index < -0.39 is 0 Å². The molecule has 3 nitrogen and oxygen atoms in total. The Morgan fingerprint density at radius 1 is 1.44 bits per heavy atom. The highest BCUT2D eigenvalue weighted by molar-refractivity contribution is 5.09. The molecule has 0 aromatic carbocycles. The zero-order valence-electron chi connectivity index (χ0n) is 9.64. The van der Waals surface area contributed by atoms with Gasteiger partial charge in [0.2, 0.25) is 0 Å². The highest BCUT2D eigenvalue weighted by Gasteiger charge is 2.20. The van der Waals surface area contributed by atoms with E-state index in [4.69, 9.17) is 10.5 Å². The van der Waals surface area contributed by atoms with Crippen molar-refractivity contribution in [2.24, 2.45) is 11.7 Å². The predicted molar refractivity (Wildman–Crippen MR) is 64.1 cm³/mol. The first kappa shape index (κ1) is 11.6. The molecule has 0 saturated carbocycles. The molecule has 16 heavy (non-hydrogen) atoms. The normalized spacial score (nSPS) is 22.9. The molecular formula is C13H20N2O. The molecule has 1 aromatic rings. The molecule has 88 valence electrons. The van der Waals surface area contributed by atoms with Gasteiger partial charge >= 0.3 is 0 Å². The Bertz CT molecular complexity index is 296. The minimum atomic E-state index is 0.272. The molecule has 1 aliphatic heterocycles. The van der Waals surface area contributed by atoms with Gasteiger partial charge in [-0.15, -0.1) is 0 Å². The number of rotatable bonds is 4. The summed E-state index contributed by atoms with van der Waals surface area (Å²) in [5.41, 5.74) is 7.52. The highest BCUT2D eigenvalue weighted by atomic mass is 16.5. The minimum absolute atomic E-state index is 0.272. The summed E-state index contributed by atoms with van der Waals surface area (Å²) >= 11 is 0.